The van der Waals surface area contributed by atoms with Gasteiger partial charge in [-0.3, -0.25) is 4.90 Å². The van der Waals surface area contributed by atoms with E-state index in [-0.39, 0.29) is 11.5 Å². The second-order valence-corrected chi connectivity index (χ2v) is 6.03. The van der Waals surface area contributed by atoms with E-state index < -0.39 is 5.54 Å². The van der Waals surface area contributed by atoms with Crippen molar-refractivity contribution in [3.05, 3.63) is 35.9 Å². The summed E-state index contributed by atoms with van der Waals surface area (Å²) < 4.78 is 5.08. The monoisotopic (exact) mass is 292 g/mol. The van der Waals surface area contributed by atoms with Gasteiger partial charge in [-0.25, -0.2) is 4.79 Å². The number of esters is 1. The van der Waals surface area contributed by atoms with Crippen molar-refractivity contribution in [2.24, 2.45) is 0 Å². The molecule has 0 aromatic heterocycles. The molecule has 1 unspecified atom stereocenters. The number of likely N-dealkylation sites (N-methyl/N-ethyl adjacent to an activating group) is 2. The highest BCUT2D eigenvalue weighted by atomic mass is 16.5. The second-order valence-electron chi connectivity index (χ2n) is 6.03. The Kier molecular flexibility index (Phi) is 5.93. The predicted octanol–water partition coefficient (Wildman–Crippen LogP) is 2.39. The normalized spacial score (nSPS) is 14.8. The molecule has 1 rings (SSSR count). The highest BCUT2D eigenvalue weighted by molar-refractivity contribution is 5.83. The highest BCUT2D eigenvalue weighted by Crippen LogP contribution is 2.27. The van der Waals surface area contributed by atoms with Gasteiger partial charge in [-0.15, -0.1) is 0 Å². The lowest BCUT2D eigenvalue weighted by Crippen LogP contribution is -2.58. The lowest BCUT2D eigenvalue weighted by Gasteiger charge is -2.41. The molecule has 0 aliphatic heterocycles. The van der Waals surface area contributed by atoms with Gasteiger partial charge < -0.3 is 10.1 Å². The zero-order chi connectivity index (χ0) is 16.1. The Labute approximate surface area is 128 Å². The summed E-state index contributed by atoms with van der Waals surface area (Å²) in [5, 5.41) is 3.19. The summed E-state index contributed by atoms with van der Waals surface area (Å²) in [6.07, 6.45) is 0.999. The number of nitrogens with one attached hydrogen (secondary N) is 1. The minimum atomic E-state index is -0.864. The highest BCUT2D eigenvalue weighted by Gasteiger charge is 2.42. The molecule has 0 spiro atoms. The maximum atomic E-state index is 12.5. The standard InChI is InChI=1S/C17H28N2O2/c1-7-16(2,3)19(5)13-17(18-4,15(20)21-6)14-11-9-8-10-12-14/h8-12,18H,7,13H2,1-6H3. The fourth-order valence-electron chi connectivity index (χ4n) is 2.34. The van der Waals surface area contributed by atoms with Crippen LogP contribution < -0.4 is 5.32 Å². The van der Waals surface area contributed by atoms with E-state index >= 15 is 0 Å². The van der Waals surface area contributed by atoms with Gasteiger partial charge in [-0.05, 0) is 39.9 Å². The Balaban J connectivity index is 3.23. The fourth-order valence-corrected chi connectivity index (χ4v) is 2.34. The zero-order valence-corrected chi connectivity index (χ0v) is 14.1. The number of ether oxygens (including phenoxy) is 1. The first-order chi connectivity index (χ1) is 9.84. The molecule has 0 saturated heterocycles. The molecule has 0 heterocycles. The smallest absolute Gasteiger partial charge is 0.332 e. The topological polar surface area (TPSA) is 41.6 Å². The Hall–Kier alpha value is -1.39. The van der Waals surface area contributed by atoms with Crippen LogP contribution in [-0.2, 0) is 15.1 Å². The van der Waals surface area contributed by atoms with E-state index in [1.54, 1.807) is 7.05 Å². The van der Waals surface area contributed by atoms with Crippen molar-refractivity contribution < 1.29 is 9.53 Å². The minimum Gasteiger partial charge on any atom is -0.467 e. The average molecular weight is 292 g/mol. The molecular formula is C17H28N2O2. The van der Waals surface area contributed by atoms with E-state index in [9.17, 15) is 4.79 Å². The largest absolute Gasteiger partial charge is 0.467 e. The lowest BCUT2D eigenvalue weighted by atomic mass is 9.87. The summed E-state index contributed by atoms with van der Waals surface area (Å²) in [4.78, 5) is 14.7. The molecule has 0 aliphatic carbocycles. The molecule has 1 aromatic carbocycles. The molecule has 4 nitrogen and oxygen atoms in total. The third kappa shape index (κ3) is 3.63. The first-order valence-corrected chi connectivity index (χ1v) is 7.38. The van der Waals surface area contributed by atoms with Crippen LogP contribution in [0.3, 0.4) is 0 Å². The molecule has 0 saturated carbocycles. The SMILES string of the molecule is CCC(C)(C)N(C)CC(NC)(C(=O)OC)c1ccccc1. The van der Waals surface area contributed by atoms with E-state index in [1.165, 1.54) is 7.11 Å². The second kappa shape index (κ2) is 7.05. The number of benzene rings is 1. The molecule has 1 aromatic rings. The molecule has 21 heavy (non-hydrogen) atoms. The van der Waals surface area contributed by atoms with Crippen molar-refractivity contribution in [1.82, 2.24) is 10.2 Å². The molecule has 0 fully saturated rings. The fraction of sp³-hybridized carbons (Fsp3) is 0.588. The minimum absolute atomic E-state index is 0.00486. The van der Waals surface area contributed by atoms with Crippen molar-refractivity contribution in [2.45, 2.75) is 38.3 Å². The Morgan fingerprint density at radius 3 is 2.29 bits per heavy atom. The van der Waals surface area contributed by atoms with Crippen molar-refractivity contribution in [2.75, 3.05) is 27.7 Å². The van der Waals surface area contributed by atoms with Gasteiger partial charge in [-0.1, -0.05) is 37.3 Å². The van der Waals surface area contributed by atoms with Gasteiger partial charge in [0.25, 0.3) is 0 Å². The summed E-state index contributed by atoms with van der Waals surface area (Å²) in [7, 11) is 5.28. The average Bonchev–Trinajstić information content (AvgIpc) is 2.52. The van der Waals surface area contributed by atoms with E-state index in [4.69, 9.17) is 4.74 Å². The van der Waals surface area contributed by atoms with Crippen LogP contribution in [0.15, 0.2) is 30.3 Å². The van der Waals surface area contributed by atoms with E-state index in [0.29, 0.717) is 6.54 Å². The summed E-state index contributed by atoms with van der Waals surface area (Å²) in [5.41, 5.74) is 0.0559. The summed E-state index contributed by atoms with van der Waals surface area (Å²) in [5.74, 6) is -0.269. The van der Waals surface area contributed by atoms with E-state index in [0.717, 1.165) is 12.0 Å². The van der Waals surface area contributed by atoms with Crippen LogP contribution in [0.1, 0.15) is 32.8 Å². The number of rotatable bonds is 7. The molecule has 4 heteroatoms. The number of carbonyl (C=O) groups is 1. The van der Waals surface area contributed by atoms with Crippen molar-refractivity contribution in [3.63, 3.8) is 0 Å². The van der Waals surface area contributed by atoms with Gasteiger partial charge in [0.2, 0.25) is 0 Å². The first kappa shape index (κ1) is 17.7. The van der Waals surface area contributed by atoms with Crippen LogP contribution in [-0.4, -0.2) is 44.2 Å². The van der Waals surface area contributed by atoms with Crippen molar-refractivity contribution in [1.29, 1.82) is 0 Å². The Morgan fingerprint density at radius 2 is 1.86 bits per heavy atom. The molecule has 118 valence electrons. The van der Waals surface area contributed by atoms with Gasteiger partial charge in [-0.2, -0.15) is 0 Å². The third-order valence-electron chi connectivity index (χ3n) is 4.60. The van der Waals surface area contributed by atoms with E-state index in [2.05, 4.69) is 31.0 Å². The van der Waals surface area contributed by atoms with Crippen LogP contribution in [0.25, 0.3) is 0 Å². The molecule has 0 bridgehead atoms. The number of carbonyl (C=O) groups excluding carboxylic acids is 1. The Bertz CT molecular complexity index is 459. The van der Waals surface area contributed by atoms with Crippen LogP contribution >= 0.6 is 0 Å². The van der Waals surface area contributed by atoms with Crippen molar-refractivity contribution in [3.8, 4) is 0 Å². The lowest BCUT2D eigenvalue weighted by molar-refractivity contribution is -0.150. The molecule has 0 amide bonds. The molecule has 0 radical (unpaired) electrons. The van der Waals surface area contributed by atoms with Crippen molar-refractivity contribution >= 4 is 5.97 Å². The van der Waals surface area contributed by atoms with Crippen LogP contribution in [0.5, 0.6) is 0 Å². The molecule has 1 N–H and O–H groups in total. The van der Waals surface area contributed by atoms with Gasteiger partial charge in [0, 0.05) is 12.1 Å². The van der Waals surface area contributed by atoms with Crippen LogP contribution in [0.2, 0.25) is 0 Å². The molecule has 1 atom stereocenters. The third-order valence-corrected chi connectivity index (χ3v) is 4.60. The summed E-state index contributed by atoms with van der Waals surface area (Å²) in [6.45, 7) is 7.05. The number of hydrogen-bond donors (Lipinski definition) is 1. The molecule has 0 aliphatic rings. The summed E-state index contributed by atoms with van der Waals surface area (Å²) in [6, 6.07) is 9.74. The first-order valence-electron chi connectivity index (χ1n) is 7.38. The number of nitrogens with zero attached hydrogens (tertiary/aromatic N) is 1. The maximum Gasteiger partial charge on any atom is 0.332 e. The van der Waals surface area contributed by atoms with Gasteiger partial charge in [0.1, 0.15) is 0 Å². The van der Waals surface area contributed by atoms with E-state index in [1.807, 2.05) is 37.4 Å². The zero-order valence-electron chi connectivity index (χ0n) is 14.1. The van der Waals surface area contributed by atoms with Crippen LogP contribution in [0.4, 0.5) is 0 Å². The number of hydrogen-bond acceptors (Lipinski definition) is 4. The quantitative estimate of drug-likeness (QED) is 0.784. The number of methoxy groups -OCH3 is 1. The predicted molar refractivity (Wildman–Crippen MR) is 86.2 cm³/mol. The Morgan fingerprint density at radius 1 is 1.29 bits per heavy atom. The summed E-state index contributed by atoms with van der Waals surface area (Å²) >= 11 is 0. The molecular weight excluding hydrogens is 264 g/mol. The maximum absolute atomic E-state index is 12.5. The van der Waals surface area contributed by atoms with Gasteiger partial charge in [0.15, 0.2) is 5.54 Å². The van der Waals surface area contributed by atoms with Gasteiger partial charge in [0.05, 0.1) is 7.11 Å². The van der Waals surface area contributed by atoms with Crippen LogP contribution in [0, 0.1) is 0 Å². The van der Waals surface area contributed by atoms with Gasteiger partial charge >= 0.3 is 5.97 Å².